The minimum atomic E-state index is 0.0456. The minimum Gasteiger partial charge on any atom is -0.422 e. The fourth-order valence-electron chi connectivity index (χ4n) is 4.07. The SMILES string of the molecule is Cc1nc(N2C[C@H]3CCC[C@@]3(CO)C2)c2nc(C)oc2n1. The summed E-state index contributed by atoms with van der Waals surface area (Å²) in [7, 11) is 0. The molecule has 6 heteroatoms. The Morgan fingerprint density at radius 1 is 1.33 bits per heavy atom. The fourth-order valence-corrected chi connectivity index (χ4v) is 4.07. The Balaban J connectivity index is 1.78. The number of fused-ring (bicyclic) bond motifs is 2. The summed E-state index contributed by atoms with van der Waals surface area (Å²) >= 11 is 0. The van der Waals surface area contributed by atoms with E-state index < -0.39 is 0 Å². The second-order valence-corrected chi connectivity index (χ2v) is 6.47. The highest BCUT2D eigenvalue weighted by molar-refractivity contribution is 5.82. The van der Waals surface area contributed by atoms with Crippen molar-refractivity contribution in [2.24, 2.45) is 11.3 Å². The van der Waals surface area contributed by atoms with E-state index in [2.05, 4.69) is 19.9 Å². The molecule has 1 saturated carbocycles. The molecule has 1 N–H and O–H groups in total. The first-order chi connectivity index (χ1) is 10.1. The summed E-state index contributed by atoms with van der Waals surface area (Å²) in [4.78, 5) is 15.6. The van der Waals surface area contributed by atoms with E-state index in [1.165, 1.54) is 12.8 Å². The minimum absolute atomic E-state index is 0.0456. The maximum Gasteiger partial charge on any atom is 0.252 e. The molecule has 2 aliphatic rings. The van der Waals surface area contributed by atoms with E-state index in [1.807, 2.05) is 13.8 Å². The first-order valence-corrected chi connectivity index (χ1v) is 7.59. The average Bonchev–Trinajstić information content (AvgIpc) is 3.07. The van der Waals surface area contributed by atoms with Crippen LogP contribution in [0.2, 0.25) is 0 Å². The van der Waals surface area contributed by atoms with Gasteiger partial charge in [0.25, 0.3) is 5.71 Å². The number of hydrogen-bond acceptors (Lipinski definition) is 6. The van der Waals surface area contributed by atoms with Gasteiger partial charge in [-0.15, -0.1) is 0 Å². The lowest BCUT2D eigenvalue weighted by atomic mass is 9.82. The van der Waals surface area contributed by atoms with Crippen molar-refractivity contribution in [3.05, 3.63) is 11.7 Å². The summed E-state index contributed by atoms with van der Waals surface area (Å²) < 4.78 is 5.56. The van der Waals surface area contributed by atoms with Gasteiger partial charge in [0, 0.05) is 25.4 Å². The second-order valence-electron chi connectivity index (χ2n) is 6.47. The van der Waals surface area contributed by atoms with Gasteiger partial charge >= 0.3 is 0 Å². The molecule has 0 unspecified atom stereocenters. The molecular formula is C15H20N4O2. The summed E-state index contributed by atoms with van der Waals surface area (Å²) in [6.45, 7) is 5.76. The number of aromatic nitrogens is 3. The van der Waals surface area contributed by atoms with Crippen LogP contribution in [0.25, 0.3) is 11.2 Å². The molecule has 112 valence electrons. The van der Waals surface area contributed by atoms with Gasteiger partial charge in [-0.05, 0) is 25.7 Å². The number of anilines is 1. The highest BCUT2D eigenvalue weighted by atomic mass is 16.4. The van der Waals surface area contributed by atoms with E-state index in [0.29, 0.717) is 23.3 Å². The Bertz CT molecular complexity index is 698. The van der Waals surface area contributed by atoms with Gasteiger partial charge in [-0.25, -0.2) is 9.97 Å². The normalized spacial score (nSPS) is 28.5. The molecule has 0 spiro atoms. The molecule has 1 aliphatic heterocycles. The smallest absolute Gasteiger partial charge is 0.252 e. The van der Waals surface area contributed by atoms with E-state index in [-0.39, 0.29) is 12.0 Å². The molecule has 1 aliphatic carbocycles. The topological polar surface area (TPSA) is 75.3 Å². The van der Waals surface area contributed by atoms with E-state index in [0.717, 1.165) is 30.8 Å². The van der Waals surface area contributed by atoms with Crippen molar-refractivity contribution < 1.29 is 9.52 Å². The van der Waals surface area contributed by atoms with Crippen LogP contribution in [0, 0.1) is 25.2 Å². The zero-order valence-electron chi connectivity index (χ0n) is 12.5. The van der Waals surface area contributed by atoms with Crippen molar-refractivity contribution in [3.8, 4) is 0 Å². The second kappa shape index (κ2) is 4.40. The molecule has 2 aromatic heterocycles. The number of rotatable bonds is 2. The van der Waals surface area contributed by atoms with Crippen molar-refractivity contribution in [3.63, 3.8) is 0 Å². The molecule has 6 nitrogen and oxygen atoms in total. The lowest BCUT2D eigenvalue weighted by Gasteiger charge is -2.26. The number of hydrogen-bond donors (Lipinski definition) is 1. The Morgan fingerprint density at radius 3 is 2.95 bits per heavy atom. The summed E-state index contributed by atoms with van der Waals surface area (Å²) in [5, 5.41) is 9.87. The molecule has 4 rings (SSSR count). The van der Waals surface area contributed by atoms with Crippen LogP contribution in [0.4, 0.5) is 5.82 Å². The third-order valence-corrected chi connectivity index (χ3v) is 5.11. The molecule has 2 atom stereocenters. The molecule has 21 heavy (non-hydrogen) atoms. The Morgan fingerprint density at radius 2 is 2.19 bits per heavy atom. The first-order valence-electron chi connectivity index (χ1n) is 7.59. The van der Waals surface area contributed by atoms with E-state index in [4.69, 9.17) is 4.42 Å². The number of oxazole rings is 1. The van der Waals surface area contributed by atoms with Crippen molar-refractivity contribution in [1.82, 2.24) is 15.0 Å². The largest absolute Gasteiger partial charge is 0.422 e. The Labute approximate surface area is 123 Å². The van der Waals surface area contributed by atoms with Gasteiger partial charge in [-0.1, -0.05) is 6.42 Å². The Hall–Kier alpha value is -1.69. The lowest BCUT2D eigenvalue weighted by molar-refractivity contribution is 0.121. The maximum atomic E-state index is 9.87. The summed E-state index contributed by atoms with van der Waals surface area (Å²) in [6, 6.07) is 0. The van der Waals surface area contributed by atoms with Gasteiger partial charge in [0.15, 0.2) is 17.2 Å². The van der Waals surface area contributed by atoms with E-state index in [1.54, 1.807) is 0 Å². The molecule has 0 radical (unpaired) electrons. The number of aliphatic hydroxyl groups is 1. The fraction of sp³-hybridized carbons (Fsp3) is 0.667. The van der Waals surface area contributed by atoms with Crippen molar-refractivity contribution >= 4 is 17.0 Å². The van der Waals surface area contributed by atoms with Crippen molar-refractivity contribution in [2.75, 3.05) is 24.6 Å². The summed E-state index contributed by atoms with van der Waals surface area (Å²) in [6.07, 6.45) is 3.53. The first kappa shape index (κ1) is 13.0. The van der Waals surface area contributed by atoms with Gasteiger partial charge in [0.05, 0.1) is 6.61 Å². The van der Waals surface area contributed by atoms with Crippen LogP contribution in [0.3, 0.4) is 0 Å². The number of aliphatic hydroxyl groups excluding tert-OH is 1. The van der Waals surface area contributed by atoms with Gasteiger partial charge in [-0.3, -0.25) is 0 Å². The third-order valence-electron chi connectivity index (χ3n) is 5.11. The zero-order valence-corrected chi connectivity index (χ0v) is 12.5. The molecule has 0 amide bonds. The van der Waals surface area contributed by atoms with Crippen molar-refractivity contribution in [2.45, 2.75) is 33.1 Å². The van der Waals surface area contributed by atoms with Gasteiger partial charge in [-0.2, -0.15) is 4.98 Å². The maximum absolute atomic E-state index is 9.87. The zero-order chi connectivity index (χ0) is 14.6. The van der Waals surface area contributed by atoms with Crippen LogP contribution in [-0.2, 0) is 0 Å². The van der Waals surface area contributed by atoms with Crippen LogP contribution in [0.1, 0.15) is 31.0 Å². The highest BCUT2D eigenvalue weighted by Gasteiger charge is 2.49. The monoisotopic (exact) mass is 288 g/mol. The standard InChI is InChI=1S/C15H20N4O2/c1-9-16-13(12-14(17-9)21-10(2)18-12)19-6-11-4-3-5-15(11,7-19)8-20/h11,20H,3-8H2,1-2H3/t11-,15+/m1/s1. The molecule has 0 aromatic carbocycles. The third kappa shape index (κ3) is 1.85. The van der Waals surface area contributed by atoms with Gasteiger partial charge in [0.2, 0.25) is 0 Å². The molecular weight excluding hydrogens is 268 g/mol. The molecule has 1 saturated heterocycles. The van der Waals surface area contributed by atoms with Crippen LogP contribution < -0.4 is 4.90 Å². The molecule has 2 aromatic rings. The van der Waals surface area contributed by atoms with Crippen LogP contribution in [0.5, 0.6) is 0 Å². The van der Waals surface area contributed by atoms with E-state index >= 15 is 0 Å². The predicted octanol–water partition coefficient (Wildman–Crippen LogP) is 1.83. The van der Waals surface area contributed by atoms with Gasteiger partial charge in [0.1, 0.15) is 5.82 Å². The van der Waals surface area contributed by atoms with Gasteiger partial charge < -0.3 is 14.4 Å². The predicted molar refractivity (Wildman–Crippen MR) is 78.1 cm³/mol. The number of aryl methyl sites for hydroxylation is 2. The molecule has 3 heterocycles. The van der Waals surface area contributed by atoms with Crippen LogP contribution >= 0.6 is 0 Å². The Kier molecular flexibility index (Phi) is 2.73. The quantitative estimate of drug-likeness (QED) is 0.908. The molecule has 2 fully saturated rings. The van der Waals surface area contributed by atoms with Crippen LogP contribution in [0.15, 0.2) is 4.42 Å². The number of nitrogens with zero attached hydrogens (tertiary/aromatic N) is 4. The summed E-state index contributed by atoms with van der Waals surface area (Å²) in [5.41, 5.74) is 1.35. The highest BCUT2D eigenvalue weighted by Crippen LogP contribution is 2.49. The molecule has 0 bridgehead atoms. The van der Waals surface area contributed by atoms with Crippen molar-refractivity contribution in [1.29, 1.82) is 0 Å². The average molecular weight is 288 g/mol. The lowest BCUT2D eigenvalue weighted by Crippen LogP contribution is -2.31. The van der Waals surface area contributed by atoms with E-state index in [9.17, 15) is 5.11 Å². The summed E-state index contributed by atoms with van der Waals surface area (Å²) in [5.74, 6) is 2.73. The van der Waals surface area contributed by atoms with Crippen LogP contribution in [-0.4, -0.2) is 39.8 Å².